The van der Waals surface area contributed by atoms with Crippen molar-refractivity contribution < 1.29 is 12.8 Å². The molecular weight excluding hydrogens is 312 g/mol. The lowest BCUT2D eigenvalue weighted by Crippen LogP contribution is -2.15. The predicted octanol–water partition coefficient (Wildman–Crippen LogP) is 3.93. The summed E-state index contributed by atoms with van der Waals surface area (Å²) in [6, 6.07) is 9.57. The molecule has 3 nitrogen and oxygen atoms in total. The Labute approximate surface area is 120 Å². The molecule has 2 rings (SSSR count). The Morgan fingerprint density at radius 1 is 0.947 bits per heavy atom. The molecule has 0 aliphatic rings. The van der Waals surface area contributed by atoms with Crippen molar-refractivity contribution in [3.63, 3.8) is 0 Å². The predicted molar refractivity (Wildman–Crippen MR) is 73.7 cm³/mol. The van der Waals surface area contributed by atoms with Gasteiger partial charge in [-0.2, -0.15) is 0 Å². The molecule has 0 bridgehead atoms. The van der Waals surface area contributed by atoms with Crippen LogP contribution in [0.2, 0.25) is 10.0 Å². The molecule has 100 valence electrons. The van der Waals surface area contributed by atoms with Crippen LogP contribution >= 0.6 is 23.2 Å². The van der Waals surface area contributed by atoms with Crippen LogP contribution in [0, 0.1) is 5.82 Å². The molecule has 19 heavy (non-hydrogen) atoms. The Bertz CT molecular complexity index is 699. The lowest BCUT2D eigenvalue weighted by Gasteiger charge is -2.11. The normalized spacial score (nSPS) is 11.3. The van der Waals surface area contributed by atoms with E-state index < -0.39 is 20.7 Å². The minimum absolute atomic E-state index is 0.0223. The molecule has 7 heteroatoms. The highest BCUT2D eigenvalue weighted by Crippen LogP contribution is 2.32. The summed E-state index contributed by atoms with van der Waals surface area (Å²) in [4.78, 5) is -0.467. The lowest BCUT2D eigenvalue weighted by molar-refractivity contribution is 0.570. The summed E-state index contributed by atoms with van der Waals surface area (Å²) >= 11 is 11.7. The summed E-state index contributed by atoms with van der Waals surface area (Å²) in [6.07, 6.45) is 0. The SMILES string of the molecule is O=S(=O)(Nc1c(Cl)cccc1Cl)c1ccccc1F. The van der Waals surface area contributed by atoms with E-state index >= 15 is 0 Å². The summed E-state index contributed by atoms with van der Waals surface area (Å²) in [7, 11) is -4.08. The number of anilines is 1. The van der Waals surface area contributed by atoms with Crippen LogP contribution in [0.15, 0.2) is 47.4 Å². The van der Waals surface area contributed by atoms with Crippen LogP contribution in [0.5, 0.6) is 0 Å². The Morgan fingerprint density at radius 2 is 1.53 bits per heavy atom. The van der Waals surface area contributed by atoms with Gasteiger partial charge in [-0.3, -0.25) is 4.72 Å². The van der Waals surface area contributed by atoms with E-state index in [-0.39, 0.29) is 15.7 Å². The maximum absolute atomic E-state index is 13.5. The number of hydrogen-bond acceptors (Lipinski definition) is 2. The summed E-state index contributed by atoms with van der Waals surface area (Å²) in [5.41, 5.74) is 0.0223. The van der Waals surface area contributed by atoms with E-state index in [1.54, 1.807) is 6.07 Å². The number of nitrogens with one attached hydrogen (secondary N) is 1. The largest absolute Gasteiger partial charge is 0.277 e. The number of benzene rings is 2. The molecule has 0 atom stereocenters. The van der Waals surface area contributed by atoms with Gasteiger partial charge < -0.3 is 0 Å². The van der Waals surface area contributed by atoms with Gasteiger partial charge in [0.1, 0.15) is 10.7 Å². The van der Waals surface area contributed by atoms with Gasteiger partial charge in [0.15, 0.2) is 0 Å². The lowest BCUT2D eigenvalue weighted by atomic mass is 10.3. The van der Waals surface area contributed by atoms with Gasteiger partial charge >= 0.3 is 0 Å². The molecule has 0 amide bonds. The molecule has 0 spiro atoms. The molecule has 0 aliphatic heterocycles. The summed E-state index contributed by atoms with van der Waals surface area (Å²) in [5.74, 6) is -0.849. The van der Waals surface area contributed by atoms with Crippen molar-refractivity contribution in [1.82, 2.24) is 0 Å². The standard InChI is InChI=1S/C12H8Cl2FNO2S/c13-8-4-3-5-9(14)12(8)16-19(17,18)11-7-2-1-6-10(11)15/h1-7,16H. The molecule has 0 aliphatic carbocycles. The van der Waals surface area contributed by atoms with E-state index in [4.69, 9.17) is 23.2 Å². The Hall–Kier alpha value is -1.30. The first-order chi connectivity index (χ1) is 8.92. The van der Waals surface area contributed by atoms with Crippen molar-refractivity contribution in [2.24, 2.45) is 0 Å². The molecule has 2 aromatic carbocycles. The van der Waals surface area contributed by atoms with Crippen LogP contribution in [-0.2, 0) is 10.0 Å². The van der Waals surface area contributed by atoms with E-state index in [1.807, 2.05) is 0 Å². The third-order valence-corrected chi connectivity index (χ3v) is 4.34. The van der Waals surface area contributed by atoms with Crippen molar-refractivity contribution in [3.8, 4) is 0 Å². The minimum atomic E-state index is -4.08. The van der Waals surface area contributed by atoms with Gasteiger partial charge in [-0.25, -0.2) is 12.8 Å². The van der Waals surface area contributed by atoms with Crippen LogP contribution in [0.25, 0.3) is 0 Å². The molecule has 2 aromatic rings. The second kappa shape index (κ2) is 5.36. The zero-order chi connectivity index (χ0) is 14.0. The molecule has 0 heterocycles. The van der Waals surface area contributed by atoms with E-state index in [9.17, 15) is 12.8 Å². The van der Waals surface area contributed by atoms with Crippen LogP contribution in [0.3, 0.4) is 0 Å². The van der Waals surface area contributed by atoms with Crippen LogP contribution in [0.1, 0.15) is 0 Å². The van der Waals surface area contributed by atoms with E-state index in [2.05, 4.69) is 4.72 Å². The maximum atomic E-state index is 13.5. The first-order valence-electron chi connectivity index (χ1n) is 5.13. The van der Waals surface area contributed by atoms with Crippen LogP contribution in [-0.4, -0.2) is 8.42 Å². The van der Waals surface area contributed by atoms with Gasteiger partial charge in [0, 0.05) is 0 Å². The van der Waals surface area contributed by atoms with Gasteiger partial charge in [-0.15, -0.1) is 0 Å². The first kappa shape index (κ1) is 14.1. The van der Waals surface area contributed by atoms with Crippen molar-refractivity contribution in [1.29, 1.82) is 0 Å². The average molecular weight is 320 g/mol. The summed E-state index contributed by atoms with van der Waals surface area (Å²) < 4.78 is 39.8. The van der Waals surface area contributed by atoms with Gasteiger partial charge in [-0.1, -0.05) is 41.4 Å². The first-order valence-corrected chi connectivity index (χ1v) is 7.37. The van der Waals surface area contributed by atoms with Gasteiger partial charge in [0.25, 0.3) is 10.0 Å². The monoisotopic (exact) mass is 319 g/mol. The molecule has 0 radical (unpaired) electrons. The quantitative estimate of drug-likeness (QED) is 0.931. The summed E-state index contributed by atoms with van der Waals surface area (Å²) in [5, 5.41) is 0.264. The highest BCUT2D eigenvalue weighted by atomic mass is 35.5. The zero-order valence-corrected chi connectivity index (χ0v) is 11.7. The van der Waals surface area contributed by atoms with Crippen LogP contribution < -0.4 is 4.72 Å². The topological polar surface area (TPSA) is 46.2 Å². The third-order valence-electron chi connectivity index (χ3n) is 2.33. The Balaban J connectivity index is 2.46. The minimum Gasteiger partial charge on any atom is -0.277 e. The van der Waals surface area contributed by atoms with Gasteiger partial charge in [-0.05, 0) is 24.3 Å². The fraction of sp³-hybridized carbons (Fsp3) is 0. The highest BCUT2D eigenvalue weighted by Gasteiger charge is 2.20. The van der Waals surface area contributed by atoms with Crippen molar-refractivity contribution in [2.75, 3.05) is 4.72 Å². The van der Waals surface area contributed by atoms with Crippen molar-refractivity contribution in [2.45, 2.75) is 4.90 Å². The van der Waals surface area contributed by atoms with E-state index in [1.165, 1.54) is 24.3 Å². The summed E-state index contributed by atoms with van der Waals surface area (Å²) in [6.45, 7) is 0. The molecular formula is C12H8Cl2FNO2S. The smallest absolute Gasteiger partial charge is 0.264 e. The Kier molecular flexibility index (Phi) is 3.99. The molecule has 0 saturated heterocycles. The number of hydrogen-bond donors (Lipinski definition) is 1. The average Bonchev–Trinajstić information content (AvgIpc) is 2.34. The van der Waals surface area contributed by atoms with E-state index in [0.717, 1.165) is 12.1 Å². The van der Waals surface area contributed by atoms with Crippen molar-refractivity contribution >= 4 is 38.9 Å². The van der Waals surface area contributed by atoms with Gasteiger partial charge in [0.2, 0.25) is 0 Å². The van der Waals surface area contributed by atoms with E-state index in [0.29, 0.717) is 0 Å². The number of halogens is 3. The molecule has 0 saturated carbocycles. The zero-order valence-electron chi connectivity index (χ0n) is 9.40. The molecule has 1 N–H and O–H groups in total. The molecule has 0 aromatic heterocycles. The fourth-order valence-electron chi connectivity index (χ4n) is 1.45. The second-order valence-corrected chi connectivity index (χ2v) is 6.10. The Morgan fingerprint density at radius 3 is 2.11 bits per heavy atom. The fourth-order valence-corrected chi connectivity index (χ4v) is 3.23. The highest BCUT2D eigenvalue weighted by molar-refractivity contribution is 7.92. The number of rotatable bonds is 3. The van der Waals surface area contributed by atoms with Gasteiger partial charge in [0.05, 0.1) is 15.7 Å². The maximum Gasteiger partial charge on any atom is 0.264 e. The molecule has 0 unspecified atom stereocenters. The third kappa shape index (κ3) is 3.00. The number of sulfonamides is 1. The molecule has 0 fully saturated rings. The number of para-hydroxylation sites is 1. The second-order valence-electron chi connectivity index (χ2n) is 3.63. The van der Waals surface area contributed by atoms with Crippen LogP contribution in [0.4, 0.5) is 10.1 Å². The van der Waals surface area contributed by atoms with Crippen molar-refractivity contribution in [3.05, 3.63) is 58.3 Å².